The maximum absolute atomic E-state index is 12.1. The van der Waals surface area contributed by atoms with Gasteiger partial charge in [0.25, 0.3) is 0 Å². The molecule has 0 saturated carbocycles. The number of nitrogens with two attached hydrogens (primary N) is 2. The first-order chi connectivity index (χ1) is 8.99. The first kappa shape index (κ1) is 13.5. The number of carbonyl (C=O) groups excluding carboxylic acids is 2. The minimum Gasteiger partial charge on any atom is -0.381 e. The van der Waals surface area contributed by atoms with Crippen LogP contribution in [0.1, 0.15) is 12.8 Å². The molecule has 5 N–H and O–H groups in total. The van der Waals surface area contributed by atoms with E-state index in [9.17, 15) is 9.59 Å². The van der Waals surface area contributed by atoms with Gasteiger partial charge < -0.3 is 21.5 Å². The molecule has 1 saturated heterocycles. The molecule has 1 aliphatic rings. The van der Waals surface area contributed by atoms with E-state index >= 15 is 0 Å². The largest absolute Gasteiger partial charge is 0.381 e. The summed E-state index contributed by atoms with van der Waals surface area (Å²) in [5.41, 5.74) is 10.7. The van der Waals surface area contributed by atoms with Crippen LogP contribution in [0.5, 0.6) is 0 Å². The molecule has 1 aliphatic heterocycles. The Morgan fingerprint density at radius 1 is 1.47 bits per heavy atom. The second kappa shape index (κ2) is 5.37. The monoisotopic (exact) mass is 267 g/mol. The number of anilines is 1. The topological polar surface area (TPSA) is 125 Å². The average molecular weight is 267 g/mol. The van der Waals surface area contributed by atoms with Crippen LogP contribution in [0.4, 0.5) is 5.69 Å². The average Bonchev–Trinajstić information content (AvgIpc) is 2.76. The first-order valence-corrected chi connectivity index (χ1v) is 5.98. The highest BCUT2D eigenvalue weighted by Crippen LogP contribution is 2.19. The van der Waals surface area contributed by atoms with Crippen LogP contribution in [0.2, 0.25) is 0 Å². The summed E-state index contributed by atoms with van der Waals surface area (Å²) >= 11 is 0. The molecule has 8 heteroatoms. The van der Waals surface area contributed by atoms with Crippen LogP contribution in [-0.4, -0.2) is 40.3 Å². The number of primary amides is 1. The number of rotatable bonds is 4. The Morgan fingerprint density at radius 2 is 2.16 bits per heavy atom. The highest BCUT2D eigenvalue weighted by atomic mass is 16.5. The number of aromatic nitrogens is 2. The lowest BCUT2D eigenvalue weighted by atomic mass is 9.90. The number of nitrogens with one attached hydrogen (secondary N) is 1. The number of hydrogen-bond donors (Lipinski definition) is 3. The first-order valence-electron chi connectivity index (χ1n) is 5.98. The maximum Gasteiger partial charge on any atom is 0.244 e. The standard InChI is InChI=1S/C11H17N5O3/c12-9(17)7-16-6-8(5-14-16)15-10(18)11(13)1-3-19-4-2-11/h5-6H,1-4,7,13H2,(H2,12,17)(H,15,18). The number of hydrogen-bond acceptors (Lipinski definition) is 5. The van der Waals surface area contributed by atoms with Gasteiger partial charge in [0.15, 0.2) is 0 Å². The summed E-state index contributed by atoms with van der Waals surface area (Å²) in [7, 11) is 0. The van der Waals surface area contributed by atoms with E-state index in [2.05, 4.69) is 10.4 Å². The number of amides is 2. The molecule has 2 amide bonds. The predicted molar refractivity (Wildman–Crippen MR) is 67.0 cm³/mol. The molecule has 1 aromatic heterocycles. The van der Waals surface area contributed by atoms with Crippen LogP contribution >= 0.6 is 0 Å². The van der Waals surface area contributed by atoms with E-state index in [1.54, 1.807) is 0 Å². The molecular formula is C11H17N5O3. The summed E-state index contributed by atoms with van der Waals surface area (Å²) < 4.78 is 6.54. The highest BCUT2D eigenvalue weighted by molar-refractivity contribution is 5.97. The third-order valence-corrected chi connectivity index (χ3v) is 3.05. The van der Waals surface area contributed by atoms with E-state index in [1.807, 2.05) is 0 Å². The van der Waals surface area contributed by atoms with Crippen LogP contribution < -0.4 is 16.8 Å². The van der Waals surface area contributed by atoms with E-state index < -0.39 is 11.4 Å². The second-order valence-corrected chi connectivity index (χ2v) is 4.62. The van der Waals surface area contributed by atoms with E-state index in [0.29, 0.717) is 31.7 Å². The van der Waals surface area contributed by atoms with E-state index in [0.717, 1.165) is 0 Å². The van der Waals surface area contributed by atoms with Gasteiger partial charge in [-0.25, -0.2) is 0 Å². The molecule has 104 valence electrons. The fraction of sp³-hybridized carbons (Fsp3) is 0.545. The minimum absolute atomic E-state index is 0.0303. The number of ether oxygens (including phenoxy) is 1. The van der Waals surface area contributed by atoms with Crippen molar-refractivity contribution >= 4 is 17.5 Å². The van der Waals surface area contributed by atoms with E-state index in [4.69, 9.17) is 16.2 Å². The van der Waals surface area contributed by atoms with E-state index in [-0.39, 0.29) is 12.5 Å². The summed E-state index contributed by atoms with van der Waals surface area (Å²) in [6.45, 7) is 0.924. The fourth-order valence-electron chi connectivity index (χ4n) is 1.89. The van der Waals surface area contributed by atoms with E-state index in [1.165, 1.54) is 17.1 Å². The molecule has 0 radical (unpaired) electrons. The molecule has 0 bridgehead atoms. The van der Waals surface area contributed by atoms with Crippen molar-refractivity contribution in [1.82, 2.24) is 9.78 Å². The van der Waals surface area contributed by atoms with Crippen LogP contribution in [-0.2, 0) is 20.9 Å². The van der Waals surface area contributed by atoms with Gasteiger partial charge in [-0.1, -0.05) is 0 Å². The third kappa shape index (κ3) is 3.30. The molecule has 19 heavy (non-hydrogen) atoms. The minimum atomic E-state index is -0.913. The van der Waals surface area contributed by atoms with Crippen molar-refractivity contribution < 1.29 is 14.3 Å². The van der Waals surface area contributed by atoms with Crippen molar-refractivity contribution in [3.63, 3.8) is 0 Å². The molecule has 0 aromatic carbocycles. The van der Waals surface area contributed by atoms with Crippen LogP contribution in [0.25, 0.3) is 0 Å². The van der Waals surface area contributed by atoms with Gasteiger partial charge in [-0.05, 0) is 12.8 Å². The van der Waals surface area contributed by atoms with Crippen LogP contribution in [0, 0.1) is 0 Å². The van der Waals surface area contributed by atoms with Crippen molar-refractivity contribution in [2.24, 2.45) is 11.5 Å². The maximum atomic E-state index is 12.1. The van der Waals surface area contributed by atoms with Gasteiger partial charge in [-0.15, -0.1) is 0 Å². The Kier molecular flexibility index (Phi) is 3.82. The quantitative estimate of drug-likeness (QED) is 0.632. The third-order valence-electron chi connectivity index (χ3n) is 3.05. The van der Waals surface area contributed by atoms with Gasteiger partial charge in [0, 0.05) is 19.4 Å². The molecule has 1 aromatic rings. The predicted octanol–water partition coefficient (Wildman–Crippen LogP) is -1.19. The highest BCUT2D eigenvalue weighted by Gasteiger charge is 2.36. The van der Waals surface area contributed by atoms with Crippen LogP contribution in [0.15, 0.2) is 12.4 Å². The smallest absolute Gasteiger partial charge is 0.244 e. The molecule has 8 nitrogen and oxygen atoms in total. The van der Waals surface area contributed by atoms with Crippen molar-refractivity contribution in [2.45, 2.75) is 24.9 Å². The van der Waals surface area contributed by atoms with Gasteiger partial charge in [0.2, 0.25) is 11.8 Å². The molecule has 0 aliphatic carbocycles. The Hall–Kier alpha value is -1.93. The SMILES string of the molecule is NC(=O)Cn1cc(NC(=O)C2(N)CCOCC2)cn1. The summed E-state index contributed by atoms with van der Waals surface area (Å²) in [6.07, 6.45) is 3.94. The number of nitrogens with zero attached hydrogens (tertiary/aromatic N) is 2. The van der Waals surface area contributed by atoms with Crippen molar-refractivity contribution in [3.05, 3.63) is 12.4 Å². The Morgan fingerprint density at radius 3 is 2.79 bits per heavy atom. The second-order valence-electron chi connectivity index (χ2n) is 4.62. The lowest BCUT2D eigenvalue weighted by Crippen LogP contribution is -2.54. The molecule has 2 rings (SSSR count). The van der Waals surface area contributed by atoms with Crippen molar-refractivity contribution in [1.29, 1.82) is 0 Å². The zero-order valence-corrected chi connectivity index (χ0v) is 10.5. The summed E-state index contributed by atoms with van der Waals surface area (Å²) in [5, 5.41) is 6.60. The lowest BCUT2D eigenvalue weighted by Gasteiger charge is -2.31. The molecular weight excluding hydrogens is 250 g/mol. The zero-order valence-electron chi connectivity index (χ0n) is 10.5. The Balaban J connectivity index is 1.98. The molecule has 1 fully saturated rings. The van der Waals surface area contributed by atoms with Gasteiger partial charge in [0.05, 0.1) is 11.9 Å². The molecule has 0 unspecified atom stereocenters. The van der Waals surface area contributed by atoms with Gasteiger partial charge in [-0.3, -0.25) is 14.3 Å². The lowest BCUT2D eigenvalue weighted by molar-refractivity contribution is -0.124. The van der Waals surface area contributed by atoms with Crippen molar-refractivity contribution in [3.8, 4) is 0 Å². The molecule has 2 heterocycles. The zero-order chi connectivity index (χ0) is 13.9. The summed E-state index contributed by atoms with van der Waals surface area (Å²) in [6, 6.07) is 0. The molecule has 0 atom stereocenters. The molecule has 0 spiro atoms. The summed E-state index contributed by atoms with van der Waals surface area (Å²) in [4.78, 5) is 22.8. The van der Waals surface area contributed by atoms with Gasteiger partial charge in [-0.2, -0.15) is 5.10 Å². The fourth-order valence-corrected chi connectivity index (χ4v) is 1.89. The Bertz CT molecular complexity index is 478. The normalized spacial score (nSPS) is 17.9. The van der Waals surface area contributed by atoms with Crippen LogP contribution in [0.3, 0.4) is 0 Å². The number of carbonyl (C=O) groups is 2. The Labute approximate surface area is 110 Å². The summed E-state index contributed by atoms with van der Waals surface area (Å²) in [5.74, 6) is -0.768. The van der Waals surface area contributed by atoms with Gasteiger partial charge in [0.1, 0.15) is 12.1 Å². The van der Waals surface area contributed by atoms with Crippen molar-refractivity contribution in [2.75, 3.05) is 18.5 Å². The van der Waals surface area contributed by atoms with Gasteiger partial charge >= 0.3 is 0 Å².